The molecule has 0 aliphatic rings. The molecule has 1 aromatic heterocycles. The van der Waals surface area contributed by atoms with Crippen LogP contribution in [0.1, 0.15) is 5.56 Å². The molecule has 0 aliphatic carbocycles. The van der Waals surface area contributed by atoms with Crippen LogP contribution in [0.25, 0.3) is 0 Å². The van der Waals surface area contributed by atoms with Crippen molar-refractivity contribution >= 4 is 39.0 Å². The van der Waals surface area contributed by atoms with Crippen LogP contribution in [0.15, 0.2) is 41.0 Å². The molecule has 2 aromatic rings. The lowest BCUT2D eigenvalue weighted by Crippen LogP contribution is -1.94. The topological polar surface area (TPSA) is 48.7 Å². The summed E-state index contributed by atoms with van der Waals surface area (Å²) in [6.07, 6.45) is 1.58. The number of halogens is 2. The van der Waals surface area contributed by atoms with Gasteiger partial charge in [0, 0.05) is 10.7 Å². The highest BCUT2D eigenvalue weighted by Gasteiger charge is 2.02. The Hall–Kier alpha value is -1.57. The Morgan fingerprint density at radius 3 is 2.82 bits per heavy atom. The first-order valence-corrected chi connectivity index (χ1v) is 5.94. The van der Waals surface area contributed by atoms with E-state index in [1.807, 2.05) is 12.1 Å². The lowest BCUT2D eigenvalue weighted by Gasteiger charge is -2.07. The van der Waals surface area contributed by atoms with Crippen molar-refractivity contribution in [1.29, 1.82) is 5.26 Å². The van der Waals surface area contributed by atoms with Crippen LogP contribution in [0.4, 0.5) is 11.5 Å². The number of hydrogen-bond acceptors (Lipinski definition) is 3. The van der Waals surface area contributed by atoms with Gasteiger partial charge in [-0.25, -0.2) is 4.98 Å². The molecule has 1 aromatic carbocycles. The zero-order valence-electron chi connectivity index (χ0n) is 8.61. The summed E-state index contributed by atoms with van der Waals surface area (Å²) >= 11 is 9.40. The van der Waals surface area contributed by atoms with Crippen LogP contribution in [0.3, 0.4) is 0 Å². The van der Waals surface area contributed by atoms with Crippen LogP contribution in [-0.4, -0.2) is 4.98 Å². The summed E-state index contributed by atoms with van der Waals surface area (Å²) in [7, 11) is 0. The number of rotatable bonds is 2. The van der Waals surface area contributed by atoms with Crippen molar-refractivity contribution in [3.05, 3.63) is 51.6 Å². The summed E-state index contributed by atoms with van der Waals surface area (Å²) in [5.41, 5.74) is 1.30. The molecular weight excluding hydrogens is 302 g/mol. The van der Waals surface area contributed by atoms with Crippen LogP contribution in [0.5, 0.6) is 0 Å². The van der Waals surface area contributed by atoms with Gasteiger partial charge in [-0.1, -0.05) is 27.5 Å². The molecule has 0 radical (unpaired) electrons. The van der Waals surface area contributed by atoms with Gasteiger partial charge >= 0.3 is 0 Å². The fourth-order valence-corrected chi connectivity index (χ4v) is 2.02. The number of aromatic nitrogens is 1. The number of nitriles is 1. The van der Waals surface area contributed by atoms with E-state index in [0.717, 1.165) is 10.2 Å². The minimum atomic E-state index is 0.552. The molecule has 3 nitrogen and oxygen atoms in total. The van der Waals surface area contributed by atoms with Gasteiger partial charge < -0.3 is 5.32 Å². The molecule has 0 unspecified atom stereocenters. The van der Waals surface area contributed by atoms with Crippen LogP contribution in [-0.2, 0) is 0 Å². The molecule has 0 atom stereocenters. The minimum absolute atomic E-state index is 0.552. The third kappa shape index (κ3) is 2.96. The molecule has 0 spiro atoms. The molecule has 0 saturated carbocycles. The van der Waals surface area contributed by atoms with Gasteiger partial charge in [-0.3, -0.25) is 0 Å². The average Bonchev–Trinajstić information content (AvgIpc) is 2.33. The fourth-order valence-electron chi connectivity index (χ4n) is 1.30. The van der Waals surface area contributed by atoms with Crippen molar-refractivity contribution in [3.63, 3.8) is 0 Å². The van der Waals surface area contributed by atoms with E-state index in [1.165, 1.54) is 0 Å². The molecule has 0 fully saturated rings. The average molecular weight is 309 g/mol. The second-order valence-electron chi connectivity index (χ2n) is 3.29. The lowest BCUT2D eigenvalue weighted by atomic mass is 10.2. The zero-order chi connectivity index (χ0) is 12.3. The van der Waals surface area contributed by atoms with Crippen molar-refractivity contribution in [2.24, 2.45) is 0 Å². The monoisotopic (exact) mass is 307 g/mol. The predicted octanol–water partition coefficient (Wildman–Crippen LogP) is 4.11. The second kappa shape index (κ2) is 5.17. The van der Waals surface area contributed by atoms with E-state index in [-0.39, 0.29) is 0 Å². The van der Waals surface area contributed by atoms with Crippen molar-refractivity contribution in [2.75, 3.05) is 5.32 Å². The summed E-state index contributed by atoms with van der Waals surface area (Å²) in [6.45, 7) is 0. The zero-order valence-corrected chi connectivity index (χ0v) is 11.0. The first-order chi connectivity index (χ1) is 8.19. The van der Waals surface area contributed by atoms with E-state index < -0.39 is 0 Å². The van der Waals surface area contributed by atoms with Crippen LogP contribution in [0, 0.1) is 11.3 Å². The molecule has 1 N–H and O–H groups in total. The molecule has 0 aliphatic heterocycles. The van der Waals surface area contributed by atoms with Crippen molar-refractivity contribution < 1.29 is 0 Å². The first-order valence-electron chi connectivity index (χ1n) is 4.77. The lowest BCUT2D eigenvalue weighted by molar-refractivity contribution is 1.29. The Kier molecular flexibility index (Phi) is 3.62. The molecule has 2 rings (SSSR count). The van der Waals surface area contributed by atoms with Gasteiger partial charge in [-0.05, 0) is 30.3 Å². The third-order valence-corrected chi connectivity index (χ3v) is 2.89. The third-order valence-electron chi connectivity index (χ3n) is 2.08. The van der Waals surface area contributed by atoms with Gasteiger partial charge in [0.2, 0.25) is 0 Å². The highest BCUT2D eigenvalue weighted by atomic mass is 79.9. The Balaban J connectivity index is 2.28. The molecule has 5 heteroatoms. The van der Waals surface area contributed by atoms with E-state index >= 15 is 0 Å². The largest absolute Gasteiger partial charge is 0.339 e. The standard InChI is InChI=1S/C12H7BrClN3/c13-9-1-2-11(10(14)6-9)17-12-5-8(7-15)3-4-16-12/h1-6H,(H,16,17). The summed E-state index contributed by atoms with van der Waals surface area (Å²) < 4.78 is 0.909. The number of nitrogens with zero attached hydrogens (tertiary/aromatic N) is 2. The Morgan fingerprint density at radius 1 is 1.29 bits per heavy atom. The van der Waals surface area contributed by atoms with Crippen molar-refractivity contribution in [3.8, 4) is 6.07 Å². The number of hydrogen-bond donors (Lipinski definition) is 1. The van der Waals surface area contributed by atoms with Gasteiger partial charge in [0.05, 0.1) is 22.3 Å². The predicted molar refractivity (Wildman–Crippen MR) is 71.4 cm³/mol. The fraction of sp³-hybridized carbons (Fsp3) is 0. The van der Waals surface area contributed by atoms with Gasteiger partial charge in [-0.15, -0.1) is 0 Å². The number of benzene rings is 1. The first kappa shape index (κ1) is 11.9. The van der Waals surface area contributed by atoms with Gasteiger partial charge in [0.1, 0.15) is 5.82 Å². The van der Waals surface area contributed by atoms with Gasteiger partial charge in [-0.2, -0.15) is 5.26 Å². The van der Waals surface area contributed by atoms with Crippen molar-refractivity contribution in [1.82, 2.24) is 4.98 Å². The summed E-state index contributed by atoms with van der Waals surface area (Å²) in [5, 5.41) is 12.4. The highest BCUT2D eigenvalue weighted by molar-refractivity contribution is 9.10. The molecule has 0 bridgehead atoms. The summed E-state index contributed by atoms with van der Waals surface area (Å²) in [6, 6.07) is 10.9. The molecule has 0 saturated heterocycles. The Morgan fingerprint density at radius 2 is 2.12 bits per heavy atom. The molecule has 1 heterocycles. The van der Waals surface area contributed by atoms with Crippen LogP contribution in [0.2, 0.25) is 5.02 Å². The Labute approximate surface area is 112 Å². The minimum Gasteiger partial charge on any atom is -0.339 e. The highest BCUT2D eigenvalue weighted by Crippen LogP contribution is 2.27. The van der Waals surface area contributed by atoms with E-state index in [2.05, 4.69) is 32.3 Å². The molecule has 0 amide bonds. The second-order valence-corrected chi connectivity index (χ2v) is 4.61. The SMILES string of the molecule is N#Cc1ccnc(Nc2ccc(Br)cc2Cl)c1. The maximum Gasteiger partial charge on any atom is 0.131 e. The van der Waals surface area contributed by atoms with Gasteiger partial charge in [0.15, 0.2) is 0 Å². The maximum absolute atomic E-state index is 8.78. The maximum atomic E-state index is 8.78. The van der Waals surface area contributed by atoms with Crippen LogP contribution < -0.4 is 5.32 Å². The molecular formula is C12H7BrClN3. The smallest absolute Gasteiger partial charge is 0.131 e. The van der Waals surface area contributed by atoms with E-state index in [0.29, 0.717) is 16.4 Å². The normalized spacial score (nSPS) is 9.71. The van der Waals surface area contributed by atoms with Crippen molar-refractivity contribution in [2.45, 2.75) is 0 Å². The quantitative estimate of drug-likeness (QED) is 0.908. The van der Waals surface area contributed by atoms with E-state index in [4.69, 9.17) is 16.9 Å². The van der Waals surface area contributed by atoms with E-state index in [9.17, 15) is 0 Å². The number of pyridine rings is 1. The van der Waals surface area contributed by atoms with Gasteiger partial charge in [0.25, 0.3) is 0 Å². The summed E-state index contributed by atoms with van der Waals surface area (Å²) in [4.78, 5) is 4.11. The Bertz CT molecular complexity index is 593. The van der Waals surface area contributed by atoms with E-state index in [1.54, 1.807) is 24.4 Å². The molecule has 17 heavy (non-hydrogen) atoms. The van der Waals surface area contributed by atoms with Crippen LogP contribution >= 0.6 is 27.5 Å². The summed E-state index contributed by atoms with van der Waals surface area (Å²) in [5.74, 6) is 0.591. The number of anilines is 2. The molecule has 84 valence electrons. The number of nitrogens with one attached hydrogen (secondary N) is 1.